The minimum Gasteiger partial charge on any atom is -0.271 e. The third-order valence-corrected chi connectivity index (χ3v) is 7.04. The van der Waals surface area contributed by atoms with Gasteiger partial charge in [0.25, 0.3) is 15.9 Å². The highest BCUT2D eigenvalue weighted by atomic mass is 35.5. The molecule has 1 aromatic heterocycles. The van der Waals surface area contributed by atoms with Crippen molar-refractivity contribution in [3.05, 3.63) is 82.0 Å². The SMILES string of the molecule is C/C(=N/NC(=O)CN(c1ccccc1Cl)S(=O)(=O)c1ccccc1)c1cccs1. The maximum atomic E-state index is 13.2. The van der Waals surface area contributed by atoms with Crippen LogP contribution in [0.4, 0.5) is 5.69 Å². The molecule has 0 bridgehead atoms. The Morgan fingerprint density at radius 3 is 2.41 bits per heavy atom. The molecular formula is C20H18ClN3O3S2. The Bertz CT molecular complexity index is 1110. The minimum atomic E-state index is -4.01. The molecule has 0 saturated heterocycles. The van der Waals surface area contributed by atoms with Crippen LogP contribution in [0.1, 0.15) is 11.8 Å². The Kier molecular flexibility index (Phi) is 6.68. The lowest BCUT2D eigenvalue weighted by Gasteiger charge is -2.24. The van der Waals surface area contributed by atoms with Gasteiger partial charge in [-0.15, -0.1) is 11.3 Å². The number of thiophene rings is 1. The minimum absolute atomic E-state index is 0.0611. The van der Waals surface area contributed by atoms with Crippen LogP contribution in [0.25, 0.3) is 0 Å². The molecule has 0 spiro atoms. The number of amides is 1. The lowest BCUT2D eigenvalue weighted by atomic mass is 10.3. The summed E-state index contributed by atoms with van der Waals surface area (Å²) in [6.45, 7) is 1.29. The van der Waals surface area contributed by atoms with E-state index in [0.717, 1.165) is 9.18 Å². The molecule has 0 saturated carbocycles. The van der Waals surface area contributed by atoms with Crippen LogP contribution >= 0.6 is 22.9 Å². The summed E-state index contributed by atoms with van der Waals surface area (Å²) in [5, 5.41) is 6.19. The first-order valence-electron chi connectivity index (χ1n) is 8.59. The summed E-state index contributed by atoms with van der Waals surface area (Å²) in [6, 6.07) is 18.1. The lowest BCUT2D eigenvalue weighted by Crippen LogP contribution is -2.40. The van der Waals surface area contributed by atoms with Crippen molar-refractivity contribution in [3.8, 4) is 0 Å². The summed E-state index contributed by atoms with van der Waals surface area (Å²) < 4.78 is 27.4. The summed E-state index contributed by atoms with van der Waals surface area (Å²) in [7, 11) is -4.01. The largest absolute Gasteiger partial charge is 0.271 e. The summed E-state index contributed by atoms with van der Waals surface area (Å²) in [5.41, 5.74) is 3.26. The molecule has 29 heavy (non-hydrogen) atoms. The Morgan fingerprint density at radius 1 is 1.07 bits per heavy atom. The van der Waals surface area contributed by atoms with Gasteiger partial charge in [0.1, 0.15) is 6.54 Å². The molecule has 1 N–H and O–H groups in total. The van der Waals surface area contributed by atoms with Gasteiger partial charge in [0, 0.05) is 4.88 Å². The van der Waals surface area contributed by atoms with Crippen molar-refractivity contribution in [1.82, 2.24) is 5.43 Å². The molecule has 0 unspecified atom stereocenters. The molecule has 0 aliphatic rings. The van der Waals surface area contributed by atoms with Crippen LogP contribution in [0.5, 0.6) is 0 Å². The Labute approximate surface area is 178 Å². The number of hydrogen-bond acceptors (Lipinski definition) is 5. The van der Waals surface area contributed by atoms with Crippen LogP contribution in [-0.4, -0.2) is 26.6 Å². The Balaban J connectivity index is 1.89. The molecule has 0 aliphatic heterocycles. The van der Waals surface area contributed by atoms with Crippen LogP contribution in [0.2, 0.25) is 5.02 Å². The number of carbonyl (C=O) groups excluding carboxylic acids is 1. The smallest absolute Gasteiger partial charge is 0.264 e. The number of sulfonamides is 1. The molecule has 0 radical (unpaired) electrons. The number of para-hydroxylation sites is 1. The van der Waals surface area contributed by atoms with E-state index in [2.05, 4.69) is 10.5 Å². The zero-order chi connectivity index (χ0) is 20.9. The molecule has 3 aromatic rings. The number of benzene rings is 2. The quantitative estimate of drug-likeness (QED) is 0.436. The molecule has 6 nitrogen and oxygen atoms in total. The molecular weight excluding hydrogens is 430 g/mol. The fourth-order valence-electron chi connectivity index (χ4n) is 2.52. The van der Waals surface area contributed by atoms with Gasteiger partial charge < -0.3 is 0 Å². The van der Waals surface area contributed by atoms with E-state index >= 15 is 0 Å². The summed E-state index contributed by atoms with van der Waals surface area (Å²) in [5.74, 6) is -0.583. The van der Waals surface area contributed by atoms with Gasteiger partial charge in [-0.25, -0.2) is 13.8 Å². The van der Waals surface area contributed by atoms with Gasteiger partial charge in [0.05, 0.1) is 21.3 Å². The van der Waals surface area contributed by atoms with Gasteiger partial charge in [-0.1, -0.05) is 48.0 Å². The van der Waals surface area contributed by atoms with Crippen molar-refractivity contribution in [2.45, 2.75) is 11.8 Å². The molecule has 0 fully saturated rings. The number of anilines is 1. The van der Waals surface area contributed by atoms with E-state index in [1.165, 1.54) is 23.5 Å². The average Bonchev–Trinajstić information content (AvgIpc) is 3.26. The Morgan fingerprint density at radius 2 is 1.76 bits per heavy atom. The number of nitrogens with one attached hydrogen (secondary N) is 1. The monoisotopic (exact) mass is 447 g/mol. The third kappa shape index (κ3) is 5.03. The van der Waals surface area contributed by atoms with Gasteiger partial charge in [-0.2, -0.15) is 5.10 Å². The lowest BCUT2D eigenvalue weighted by molar-refractivity contribution is -0.119. The fraction of sp³-hybridized carbons (Fsp3) is 0.100. The van der Waals surface area contributed by atoms with E-state index < -0.39 is 22.5 Å². The van der Waals surface area contributed by atoms with E-state index in [-0.39, 0.29) is 15.6 Å². The maximum Gasteiger partial charge on any atom is 0.264 e. The number of hydrazone groups is 1. The molecule has 3 rings (SSSR count). The summed E-state index contributed by atoms with van der Waals surface area (Å²) >= 11 is 7.72. The molecule has 1 heterocycles. The summed E-state index contributed by atoms with van der Waals surface area (Å²) in [4.78, 5) is 13.5. The number of rotatable bonds is 7. The normalized spacial score (nSPS) is 11.9. The highest BCUT2D eigenvalue weighted by molar-refractivity contribution is 7.92. The van der Waals surface area contributed by atoms with Crippen molar-refractivity contribution < 1.29 is 13.2 Å². The summed E-state index contributed by atoms with van der Waals surface area (Å²) in [6.07, 6.45) is 0. The predicted molar refractivity (Wildman–Crippen MR) is 117 cm³/mol. The third-order valence-electron chi connectivity index (χ3n) is 3.97. The van der Waals surface area contributed by atoms with Crippen LogP contribution in [-0.2, 0) is 14.8 Å². The van der Waals surface area contributed by atoms with E-state index in [4.69, 9.17) is 11.6 Å². The van der Waals surface area contributed by atoms with Crippen molar-refractivity contribution in [3.63, 3.8) is 0 Å². The molecule has 2 aromatic carbocycles. The van der Waals surface area contributed by atoms with Gasteiger partial charge in [-0.05, 0) is 42.6 Å². The fourth-order valence-corrected chi connectivity index (χ4v) is 4.95. The topological polar surface area (TPSA) is 78.8 Å². The van der Waals surface area contributed by atoms with Crippen LogP contribution in [0.15, 0.2) is 82.1 Å². The second kappa shape index (κ2) is 9.21. The second-order valence-electron chi connectivity index (χ2n) is 5.99. The van der Waals surface area contributed by atoms with Crippen LogP contribution < -0.4 is 9.73 Å². The first kappa shape index (κ1) is 21.0. The highest BCUT2D eigenvalue weighted by Gasteiger charge is 2.28. The molecule has 1 amide bonds. The van der Waals surface area contributed by atoms with E-state index in [1.807, 2.05) is 17.5 Å². The molecule has 150 valence electrons. The first-order valence-corrected chi connectivity index (χ1v) is 11.3. The Hall–Kier alpha value is -2.68. The van der Waals surface area contributed by atoms with Crippen molar-refractivity contribution >= 4 is 50.3 Å². The molecule has 0 aliphatic carbocycles. The molecule has 0 atom stereocenters. The van der Waals surface area contributed by atoms with Gasteiger partial charge >= 0.3 is 0 Å². The maximum absolute atomic E-state index is 13.2. The van der Waals surface area contributed by atoms with Gasteiger partial charge in [0.2, 0.25) is 0 Å². The van der Waals surface area contributed by atoms with E-state index in [0.29, 0.717) is 5.71 Å². The van der Waals surface area contributed by atoms with Crippen molar-refractivity contribution in [1.29, 1.82) is 0 Å². The van der Waals surface area contributed by atoms with Crippen molar-refractivity contribution in [2.75, 3.05) is 10.8 Å². The molecule has 9 heteroatoms. The average molecular weight is 448 g/mol. The number of nitrogens with zero attached hydrogens (tertiary/aromatic N) is 2. The van der Waals surface area contributed by atoms with E-state index in [1.54, 1.807) is 49.4 Å². The standard InChI is InChI=1S/C20H18ClN3O3S2/c1-15(19-12-7-13-28-19)22-23-20(25)14-24(18-11-6-5-10-17(18)21)29(26,27)16-8-3-2-4-9-16/h2-13H,14H2,1H3,(H,23,25)/b22-15-. The van der Waals surface area contributed by atoms with Gasteiger partial charge in [0.15, 0.2) is 0 Å². The number of hydrogen-bond donors (Lipinski definition) is 1. The zero-order valence-corrected chi connectivity index (χ0v) is 17.8. The highest BCUT2D eigenvalue weighted by Crippen LogP contribution is 2.30. The zero-order valence-electron chi connectivity index (χ0n) is 15.4. The number of carbonyl (C=O) groups is 1. The first-order chi connectivity index (χ1) is 13.9. The van der Waals surface area contributed by atoms with Gasteiger partial charge in [-0.3, -0.25) is 9.10 Å². The van der Waals surface area contributed by atoms with Crippen molar-refractivity contribution in [2.24, 2.45) is 5.10 Å². The van der Waals surface area contributed by atoms with E-state index in [9.17, 15) is 13.2 Å². The van der Waals surface area contributed by atoms with Crippen LogP contribution in [0.3, 0.4) is 0 Å². The predicted octanol–water partition coefficient (Wildman–Crippen LogP) is 4.14. The second-order valence-corrected chi connectivity index (χ2v) is 9.20. The van der Waals surface area contributed by atoms with Crippen LogP contribution in [0, 0.1) is 0 Å². The number of halogens is 1.